The SMILES string of the molecule is COc1cc(/C=N/OCC(=O)c2cc(C)n(C)c2C)ccc1OCc1ccccc1. The van der Waals surface area contributed by atoms with Gasteiger partial charge in [0.1, 0.15) is 6.61 Å². The minimum absolute atomic E-state index is 0.101. The average molecular weight is 406 g/mol. The lowest BCUT2D eigenvalue weighted by Gasteiger charge is -2.11. The van der Waals surface area contributed by atoms with E-state index < -0.39 is 0 Å². The quantitative estimate of drug-likeness (QED) is 0.299. The molecule has 0 aliphatic rings. The Kier molecular flexibility index (Phi) is 6.91. The summed E-state index contributed by atoms with van der Waals surface area (Å²) in [4.78, 5) is 17.5. The zero-order valence-corrected chi connectivity index (χ0v) is 17.7. The maximum Gasteiger partial charge on any atom is 0.204 e. The van der Waals surface area contributed by atoms with Crippen molar-refractivity contribution in [1.29, 1.82) is 0 Å². The Morgan fingerprint density at radius 3 is 2.50 bits per heavy atom. The molecule has 0 unspecified atom stereocenters. The van der Waals surface area contributed by atoms with Gasteiger partial charge in [-0.15, -0.1) is 0 Å². The number of oxime groups is 1. The van der Waals surface area contributed by atoms with Crippen LogP contribution in [0.1, 0.15) is 32.9 Å². The monoisotopic (exact) mass is 406 g/mol. The lowest BCUT2D eigenvalue weighted by Crippen LogP contribution is -2.08. The van der Waals surface area contributed by atoms with Crippen LogP contribution in [0.25, 0.3) is 0 Å². The number of carbonyl (C=O) groups excluding carboxylic acids is 1. The van der Waals surface area contributed by atoms with Gasteiger partial charge in [-0.1, -0.05) is 35.5 Å². The van der Waals surface area contributed by atoms with Crippen LogP contribution in [0.2, 0.25) is 0 Å². The van der Waals surface area contributed by atoms with Crippen molar-refractivity contribution in [2.24, 2.45) is 12.2 Å². The van der Waals surface area contributed by atoms with Crippen LogP contribution in [0.3, 0.4) is 0 Å². The predicted octanol–water partition coefficient (Wildman–Crippen LogP) is 4.46. The molecule has 0 saturated carbocycles. The molecule has 1 heterocycles. The smallest absolute Gasteiger partial charge is 0.204 e. The third-order valence-corrected chi connectivity index (χ3v) is 4.97. The fourth-order valence-corrected chi connectivity index (χ4v) is 3.03. The first kappa shape index (κ1) is 21.2. The van der Waals surface area contributed by atoms with Crippen molar-refractivity contribution in [2.75, 3.05) is 13.7 Å². The van der Waals surface area contributed by atoms with Crippen LogP contribution >= 0.6 is 0 Å². The molecule has 0 amide bonds. The molecule has 3 rings (SSSR count). The van der Waals surface area contributed by atoms with E-state index in [1.165, 1.54) is 0 Å². The lowest BCUT2D eigenvalue weighted by molar-refractivity contribution is 0.0778. The Hall–Kier alpha value is -3.54. The summed E-state index contributed by atoms with van der Waals surface area (Å²) in [7, 11) is 3.52. The normalized spacial score (nSPS) is 10.9. The summed E-state index contributed by atoms with van der Waals surface area (Å²) < 4.78 is 13.2. The van der Waals surface area contributed by atoms with Crippen molar-refractivity contribution in [2.45, 2.75) is 20.5 Å². The molecule has 0 fully saturated rings. The molecule has 0 spiro atoms. The van der Waals surface area contributed by atoms with Crippen LogP contribution in [0.15, 0.2) is 59.8 Å². The third-order valence-electron chi connectivity index (χ3n) is 4.97. The molecule has 0 radical (unpaired) electrons. The summed E-state index contributed by atoms with van der Waals surface area (Å²) in [5.74, 6) is 1.14. The number of ether oxygens (including phenoxy) is 2. The number of carbonyl (C=O) groups is 1. The van der Waals surface area contributed by atoms with E-state index in [1.54, 1.807) is 19.4 Å². The molecule has 1 aromatic heterocycles. The molecule has 0 saturated heterocycles. The van der Waals surface area contributed by atoms with E-state index in [4.69, 9.17) is 14.3 Å². The topological polar surface area (TPSA) is 62.0 Å². The van der Waals surface area contributed by atoms with E-state index in [0.29, 0.717) is 23.7 Å². The highest BCUT2D eigenvalue weighted by Gasteiger charge is 2.14. The van der Waals surface area contributed by atoms with Gasteiger partial charge in [-0.25, -0.2) is 0 Å². The molecule has 6 heteroatoms. The van der Waals surface area contributed by atoms with E-state index in [2.05, 4.69) is 5.16 Å². The summed E-state index contributed by atoms with van der Waals surface area (Å²) in [5.41, 5.74) is 4.46. The molecule has 0 aliphatic carbocycles. The van der Waals surface area contributed by atoms with E-state index in [-0.39, 0.29) is 12.4 Å². The molecule has 0 atom stereocenters. The summed E-state index contributed by atoms with van der Waals surface area (Å²) in [5, 5.41) is 3.92. The summed E-state index contributed by atoms with van der Waals surface area (Å²) >= 11 is 0. The second-order valence-electron chi connectivity index (χ2n) is 6.96. The van der Waals surface area contributed by atoms with Crippen molar-refractivity contribution >= 4 is 12.0 Å². The Morgan fingerprint density at radius 1 is 1.07 bits per heavy atom. The maximum absolute atomic E-state index is 12.3. The number of rotatable bonds is 9. The minimum atomic E-state index is -0.115. The van der Waals surface area contributed by atoms with Crippen LogP contribution < -0.4 is 9.47 Å². The van der Waals surface area contributed by atoms with E-state index in [9.17, 15) is 4.79 Å². The Labute approximate surface area is 176 Å². The van der Waals surface area contributed by atoms with Gasteiger partial charge in [0, 0.05) is 29.6 Å². The first-order chi connectivity index (χ1) is 14.5. The molecule has 0 aliphatic heterocycles. The molecule has 156 valence electrons. The lowest BCUT2D eigenvalue weighted by atomic mass is 10.2. The van der Waals surface area contributed by atoms with Crippen molar-refractivity contribution < 1.29 is 19.1 Å². The number of Topliss-reactive ketones (excluding diaryl/α,β-unsaturated/α-hetero) is 1. The number of ketones is 1. The number of benzene rings is 2. The van der Waals surface area contributed by atoms with E-state index in [0.717, 1.165) is 22.5 Å². The van der Waals surface area contributed by atoms with Gasteiger partial charge >= 0.3 is 0 Å². The highest BCUT2D eigenvalue weighted by Crippen LogP contribution is 2.28. The average Bonchev–Trinajstić information content (AvgIpc) is 3.03. The number of aryl methyl sites for hydroxylation is 1. The molecular weight excluding hydrogens is 380 g/mol. The largest absolute Gasteiger partial charge is 0.493 e. The van der Waals surface area contributed by atoms with Gasteiger partial charge in [0.2, 0.25) is 5.78 Å². The number of hydrogen-bond acceptors (Lipinski definition) is 5. The first-order valence-electron chi connectivity index (χ1n) is 9.66. The Bertz CT molecular complexity index is 1040. The van der Waals surface area contributed by atoms with Gasteiger partial charge in [-0.3, -0.25) is 4.79 Å². The van der Waals surface area contributed by atoms with Gasteiger partial charge < -0.3 is 18.9 Å². The van der Waals surface area contributed by atoms with Gasteiger partial charge in [0.25, 0.3) is 0 Å². The molecule has 3 aromatic rings. The number of nitrogens with zero attached hydrogens (tertiary/aromatic N) is 2. The predicted molar refractivity (Wildman–Crippen MR) is 117 cm³/mol. The van der Waals surface area contributed by atoms with E-state index in [1.807, 2.05) is 74.0 Å². The molecule has 2 aromatic carbocycles. The Morgan fingerprint density at radius 2 is 1.83 bits per heavy atom. The fourth-order valence-electron chi connectivity index (χ4n) is 3.03. The second-order valence-corrected chi connectivity index (χ2v) is 6.96. The van der Waals surface area contributed by atoms with Crippen LogP contribution in [0.5, 0.6) is 11.5 Å². The molecule has 30 heavy (non-hydrogen) atoms. The molecule has 6 nitrogen and oxygen atoms in total. The first-order valence-corrected chi connectivity index (χ1v) is 9.66. The van der Waals surface area contributed by atoms with Gasteiger partial charge in [0.15, 0.2) is 18.1 Å². The summed E-state index contributed by atoms with van der Waals surface area (Å²) in [6.07, 6.45) is 1.54. The summed E-state index contributed by atoms with van der Waals surface area (Å²) in [6.45, 7) is 4.21. The van der Waals surface area contributed by atoms with Crippen molar-refractivity contribution in [3.05, 3.63) is 82.7 Å². The van der Waals surface area contributed by atoms with Crippen LogP contribution in [-0.4, -0.2) is 30.3 Å². The molecular formula is C24H26N2O4. The number of hydrogen-bond donors (Lipinski definition) is 0. The van der Waals surface area contributed by atoms with Crippen LogP contribution in [0, 0.1) is 13.8 Å². The van der Waals surface area contributed by atoms with Crippen molar-refractivity contribution in [3.63, 3.8) is 0 Å². The minimum Gasteiger partial charge on any atom is -0.493 e. The van der Waals surface area contributed by atoms with Gasteiger partial charge in [0.05, 0.1) is 13.3 Å². The van der Waals surface area contributed by atoms with Crippen molar-refractivity contribution in [1.82, 2.24) is 4.57 Å². The Balaban J connectivity index is 1.57. The molecule has 0 N–H and O–H groups in total. The summed E-state index contributed by atoms with van der Waals surface area (Å²) in [6, 6.07) is 17.3. The highest BCUT2D eigenvalue weighted by atomic mass is 16.6. The number of aromatic nitrogens is 1. The van der Waals surface area contributed by atoms with Gasteiger partial charge in [-0.05, 0) is 43.7 Å². The number of methoxy groups -OCH3 is 1. The zero-order chi connectivity index (χ0) is 21.5. The molecule has 0 bridgehead atoms. The highest BCUT2D eigenvalue weighted by molar-refractivity contribution is 5.98. The second kappa shape index (κ2) is 9.78. The van der Waals surface area contributed by atoms with Gasteiger partial charge in [-0.2, -0.15) is 0 Å². The standard InChI is InChI=1S/C24H26N2O4/c1-17-12-21(18(2)26(17)3)22(27)16-30-25-14-20-10-11-23(24(13-20)28-4)29-15-19-8-6-5-7-9-19/h5-14H,15-16H2,1-4H3/b25-14+. The van der Waals surface area contributed by atoms with Crippen LogP contribution in [-0.2, 0) is 18.5 Å². The van der Waals surface area contributed by atoms with Crippen molar-refractivity contribution in [3.8, 4) is 11.5 Å². The van der Waals surface area contributed by atoms with E-state index >= 15 is 0 Å². The zero-order valence-electron chi connectivity index (χ0n) is 17.7. The third kappa shape index (κ3) is 5.08. The fraction of sp³-hybridized carbons (Fsp3) is 0.250. The maximum atomic E-state index is 12.3. The van der Waals surface area contributed by atoms with Crippen LogP contribution in [0.4, 0.5) is 0 Å².